The fourth-order valence-corrected chi connectivity index (χ4v) is 2.40. The summed E-state index contributed by atoms with van der Waals surface area (Å²) < 4.78 is 130. The summed E-state index contributed by atoms with van der Waals surface area (Å²) >= 11 is 0. The number of alkyl halides is 9. The second kappa shape index (κ2) is 7.31. The zero-order chi connectivity index (χ0) is 23.2. The van der Waals surface area contributed by atoms with Crippen molar-refractivity contribution in [2.75, 3.05) is 0 Å². The molecule has 0 saturated carbocycles. The van der Waals surface area contributed by atoms with Gasteiger partial charge >= 0.3 is 19.1 Å². The number of phenols is 1. The first-order valence-corrected chi connectivity index (χ1v) is 7.65. The van der Waals surface area contributed by atoms with Gasteiger partial charge in [-0.2, -0.15) is 0 Å². The van der Waals surface area contributed by atoms with E-state index in [1.165, 1.54) is 0 Å². The quantitative estimate of drug-likeness (QED) is 0.486. The van der Waals surface area contributed by atoms with Crippen LogP contribution < -0.4 is 14.2 Å². The van der Waals surface area contributed by atoms with E-state index in [4.69, 9.17) is 4.42 Å². The van der Waals surface area contributed by atoms with Crippen molar-refractivity contribution < 1.29 is 63.2 Å². The standard InChI is InChI=1S/C16H6F9NO5/c17-14(18,19)29-7-4-10(30-15(20,21)22)12(11(5-7)31-16(23,24)25)13-26-8-3-6(27)1-2-9(8)28-13/h1-5,27H. The van der Waals surface area contributed by atoms with E-state index in [2.05, 4.69) is 19.2 Å². The third-order valence-corrected chi connectivity index (χ3v) is 3.31. The molecule has 0 amide bonds. The summed E-state index contributed by atoms with van der Waals surface area (Å²) in [5, 5.41) is 9.42. The molecule has 6 nitrogen and oxygen atoms in total. The first-order valence-electron chi connectivity index (χ1n) is 7.65. The summed E-state index contributed by atoms with van der Waals surface area (Å²) in [5.74, 6) is -5.95. The molecule has 0 spiro atoms. The van der Waals surface area contributed by atoms with E-state index in [-0.39, 0.29) is 29.0 Å². The summed E-state index contributed by atoms with van der Waals surface area (Å²) in [4.78, 5) is 3.64. The molecule has 2 aromatic carbocycles. The van der Waals surface area contributed by atoms with E-state index in [0.717, 1.165) is 18.2 Å². The lowest BCUT2D eigenvalue weighted by molar-refractivity contribution is -0.278. The maximum absolute atomic E-state index is 12.8. The molecule has 0 atom stereocenters. The van der Waals surface area contributed by atoms with Gasteiger partial charge in [0, 0.05) is 18.2 Å². The van der Waals surface area contributed by atoms with Crippen molar-refractivity contribution in [3.05, 3.63) is 30.3 Å². The Hall–Kier alpha value is -3.52. The van der Waals surface area contributed by atoms with Crippen LogP contribution in [0.4, 0.5) is 39.5 Å². The number of hydrogen-bond acceptors (Lipinski definition) is 6. The van der Waals surface area contributed by atoms with Gasteiger partial charge in [0.1, 0.15) is 34.1 Å². The summed E-state index contributed by atoms with van der Waals surface area (Å²) in [6.45, 7) is 0. The van der Waals surface area contributed by atoms with Crippen molar-refractivity contribution in [2.45, 2.75) is 19.1 Å². The summed E-state index contributed by atoms with van der Waals surface area (Å²) in [6.07, 6.45) is -16.5. The van der Waals surface area contributed by atoms with Crippen LogP contribution in [0.5, 0.6) is 23.0 Å². The van der Waals surface area contributed by atoms with Crippen LogP contribution in [0, 0.1) is 0 Å². The number of nitrogens with zero attached hydrogens (tertiary/aromatic N) is 1. The normalized spacial score (nSPS) is 12.8. The maximum atomic E-state index is 12.8. The number of aromatic nitrogens is 1. The lowest BCUT2D eigenvalue weighted by Gasteiger charge is -2.18. The van der Waals surface area contributed by atoms with Gasteiger partial charge < -0.3 is 23.7 Å². The number of halogens is 9. The molecule has 31 heavy (non-hydrogen) atoms. The second-order valence-electron chi connectivity index (χ2n) is 5.61. The van der Waals surface area contributed by atoms with Crippen LogP contribution >= 0.6 is 0 Å². The second-order valence-corrected chi connectivity index (χ2v) is 5.61. The van der Waals surface area contributed by atoms with Crippen molar-refractivity contribution in [1.29, 1.82) is 0 Å². The molecule has 0 unspecified atom stereocenters. The Morgan fingerprint density at radius 2 is 1.26 bits per heavy atom. The first-order chi connectivity index (χ1) is 14.1. The van der Waals surface area contributed by atoms with Crippen LogP contribution in [0.15, 0.2) is 34.7 Å². The number of hydrogen-bond donors (Lipinski definition) is 1. The fraction of sp³-hybridized carbons (Fsp3) is 0.188. The van der Waals surface area contributed by atoms with Gasteiger partial charge in [-0.15, -0.1) is 39.5 Å². The Morgan fingerprint density at radius 3 is 1.74 bits per heavy atom. The number of benzene rings is 2. The van der Waals surface area contributed by atoms with Crippen LogP contribution in [-0.2, 0) is 0 Å². The molecule has 0 aliphatic rings. The number of ether oxygens (including phenoxy) is 3. The van der Waals surface area contributed by atoms with Crippen molar-refractivity contribution in [3.63, 3.8) is 0 Å². The van der Waals surface area contributed by atoms with E-state index in [1.807, 2.05) is 0 Å². The topological polar surface area (TPSA) is 74.0 Å². The Morgan fingerprint density at radius 1 is 0.742 bits per heavy atom. The predicted molar refractivity (Wildman–Crippen MR) is 81.2 cm³/mol. The van der Waals surface area contributed by atoms with Crippen LogP contribution in [-0.4, -0.2) is 29.2 Å². The minimum atomic E-state index is -5.54. The van der Waals surface area contributed by atoms with E-state index >= 15 is 0 Å². The zero-order valence-corrected chi connectivity index (χ0v) is 14.3. The van der Waals surface area contributed by atoms with E-state index < -0.39 is 47.8 Å². The van der Waals surface area contributed by atoms with Gasteiger partial charge in [-0.05, 0) is 12.1 Å². The number of aromatic hydroxyl groups is 1. The molecule has 1 heterocycles. The molecule has 3 aromatic rings. The van der Waals surface area contributed by atoms with Gasteiger partial charge in [0.25, 0.3) is 0 Å². The number of phenolic OH excluding ortho intramolecular Hbond substituents is 1. The van der Waals surface area contributed by atoms with Crippen molar-refractivity contribution in [2.24, 2.45) is 0 Å². The number of rotatable bonds is 4. The Kier molecular flexibility index (Phi) is 5.23. The van der Waals surface area contributed by atoms with Crippen LogP contribution in [0.25, 0.3) is 22.6 Å². The van der Waals surface area contributed by atoms with Crippen molar-refractivity contribution in [3.8, 4) is 34.5 Å². The zero-order valence-electron chi connectivity index (χ0n) is 14.3. The van der Waals surface area contributed by atoms with Crippen LogP contribution in [0.1, 0.15) is 0 Å². The average Bonchev–Trinajstić information content (AvgIpc) is 2.92. The third-order valence-electron chi connectivity index (χ3n) is 3.31. The molecule has 3 rings (SSSR count). The predicted octanol–water partition coefficient (Wildman–Crippen LogP) is 5.90. The molecule has 0 fully saturated rings. The highest BCUT2D eigenvalue weighted by molar-refractivity contribution is 5.81. The molecule has 0 radical (unpaired) electrons. The highest BCUT2D eigenvalue weighted by Crippen LogP contribution is 2.46. The summed E-state index contributed by atoms with van der Waals surface area (Å²) in [7, 11) is 0. The van der Waals surface area contributed by atoms with Gasteiger partial charge in [0.15, 0.2) is 5.58 Å². The average molecular weight is 463 g/mol. The SMILES string of the molecule is Oc1ccc2oc(-c3c(OC(F)(F)F)cc(OC(F)(F)F)cc3OC(F)(F)F)nc2c1. The lowest BCUT2D eigenvalue weighted by atomic mass is 10.1. The monoisotopic (exact) mass is 463 g/mol. The minimum absolute atomic E-state index is 0.0336. The summed E-state index contributed by atoms with van der Waals surface area (Å²) in [6, 6.07) is 3.21. The van der Waals surface area contributed by atoms with Crippen molar-refractivity contribution >= 4 is 11.1 Å². The Bertz CT molecular complexity index is 1060. The molecule has 0 aliphatic heterocycles. The van der Waals surface area contributed by atoms with Crippen LogP contribution in [0.2, 0.25) is 0 Å². The molecule has 1 aromatic heterocycles. The van der Waals surface area contributed by atoms with Gasteiger partial charge in [0.05, 0.1) is 0 Å². The van der Waals surface area contributed by atoms with Gasteiger partial charge in [-0.1, -0.05) is 0 Å². The molecular formula is C16H6F9NO5. The highest BCUT2D eigenvalue weighted by Gasteiger charge is 2.39. The fourth-order valence-electron chi connectivity index (χ4n) is 2.40. The number of oxazole rings is 1. The van der Waals surface area contributed by atoms with Gasteiger partial charge in [0.2, 0.25) is 5.89 Å². The molecule has 0 aliphatic carbocycles. The highest BCUT2D eigenvalue weighted by atomic mass is 19.4. The maximum Gasteiger partial charge on any atom is 0.573 e. The largest absolute Gasteiger partial charge is 0.573 e. The number of fused-ring (bicyclic) bond motifs is 1. The Balaban J connectivity index is 2.27. The van der Waals surface area contributed by atoms with Crippen LogP contribution in [0.3, 0.4) is 0 Å². The molecule has 168 valence electrons. The minimum Gasteiger partial charge on any atom is -0.508 e. The van der Waals surface area contributed by atoms with Gasteiger partial charge in [-0.3, -0.25) is 0 Å². The molecular weight excluding hydrogens is 457 g/mol. The summed E-state index contributed by atoms with van der Waals surface area (Å²) in [5.41, 5.74) is -1.58. The van der Waals surface area contributed by atoms with E-state index in [9.17, 15) is 44.6 Å². The first kappa shape index (κ1) is 22.2. The molecule has 15 heteroatoms. The van der Waals surface area contributed by atoms with Crippen molar-refractivity contribution in [1.82, 2.24) is 4.98 Å². The van der Waals surface area contributed by atoms with Gasteiger partial charge in [-0.25, -0.2) is 4.98 Å². The molecule has 0 saturated heterocycles. The molecule has 1 N–H and O–H groups in total. The van der Waals surface area contributed by atoms with E-state index in [0.29, 0.717) is 0 Å². The molecule has 0 bridgehead atoms. The lowest BCUT2D eigenvalue weighted by Crippen LogP contribution is -2.21. The smallest absolute Gasteiger partial charge is 0.508 e. The Labute approximate surface area is 164 Å². The van der Waals surface area contributed by atoms with E-state index in [1.54, 1.807) is 0 Å². The third kappa shape index (κ3) is 5.76.